The first-order valence-corrected chi connectivity index (χ1v) is 6.36. The molecule has 0 bridgehead atoms. The highest BCUT2D eigenvalue weighted by Crippen LogP contribution is 2.22. The molecular weight excluding hydrogens is 272 g/mol. The standard InChI is InChI=1S/C14H16N4O3/c1-9-14(10(2)19)16-17-18(9)8-13(20)15-11-6-4-5-7-12(11)21-3/h4-7H,8H2,1-3H3,(H,15,20). The molecule has 7 heteroatoms. The number of amides is 1. The third-order valence-corrected chi connectivity index (χ3v) is 2.99. The molecule has 21 heavy (non-hydrogen) atoms. The second-order valence-corrected chi connectivity index (χ2v) is 4.49. The molecule has 1 amide bonds. The van der Waals surface area contributed by atoms with Gasteiger partial charge in [-0.05, 0) is 19.1 Å². The van der Waals surface area contributed by atoms with Gasteiger partial charge in [0, 0.05) is 6.92 Å². The Hall–Kier alpha value is -2.70. The van der Waals surface area contributed by atoms with Crippen molar-refractivity contribution >= 4 is 17.4 Å². The molecule has 1 aromatic heterocycles. The molecule has 1 heterocycles. The Labute approximate surface area is 121 Å². The van der Waals surface area contributed by atoms with Crippen molar-refractivity contribution in [2.75, 3.05) is 12.4 Å². The number of carbonyl (C=O) groups is 2. The van der Waals surface area contributed by atoms with Crippen molar-refractivity contribution in [2.24, 2.45) is 0 Å². The number of Topliss-reactive ketones (excluding diaryl/α,β-unsaturated/α-hetero) is 1. The Bertz CT molecular complexity index is 679. The van der Waals surface area contributed by atoms with Crippen LogP contribution in [0, 0.1) is 6.92 Å². The normalized spacial score (nSPS) is 10.2. The van der Waals surface area contributed by atoms with Gasteiger partial charge in [0.1, 0.15) is 12.3 Å². The van der Waals surface area contributed by atoms with Gasteiger partial charge in [0.05, 0.1) is 18.5 Å². The van der Waals surface area contributed by atoms with Gasteiger partial charge in [-0.2, -0.15) is 0 Å². The minimum absolute atomic E-state index is 0.0236. The van der Waals surface area contributed by atoms with Gasteiger partial charge in [-0.15, -0.1) is 5.10 Å². The molecule has 0 spiro atoms. The maximum absolute atomic E-state index is 12.0. The first-order chi connectivity index (χ1) is 10.0. The minimum atomic E-state index is -0.275. The van der Waals surface area contributed by atoms with Gasteiger partial charge in [0.15, 0.2) is 11.5 Å². The third-order valence-electron chi connectivity index (χ3n) is 2.99. The van der Waals surface area contributed by atoms with Crippen LogP contribution < -0.4 is 10.1 Å². The number of hydrogen-bond donors (Lipinski definition) is 1. The monoisotopic (exact) mass is 288 g/mol. The minimum Gasteiger partial charge on any atom is -0.495 e. The average Bonchev–Trinajstić information content (AvgIpc) is 2.81. The molecule has 2 rings (SSSR count). The van der Waals surface area contributed by atoms with Crippen LogP contribution in [-0.2, 0) is 11.3 Å². The summed E-state index contributed by atoms with van der Waals surface area (Å²) in [4.78, 5) is 23.3. The van der Waals surface area contributed by atoms with Crippen LogP contribution in [0.25, 0.3) is 0 Å². The summed E-state index contributed by atoms with van der Waals surface area (Å²) in [7, 11) is 1.53. The number of carbonyl (C=O) groups excluding carboxylic acids is 2. The highest BCUT2D eigenvalue weighted by molar-refractivity contribution is 5.94. The van der Waals surface area contributed by atoms with Gasteiger partial charge in [-0.25, -0.2) is 4.68 Å². The van der Waals surface area contributed by atoms with E-state index in [2.05, 4.69) is 15.6 Å². The number of ketones is 1. The van der Waals surface area contributed by atoms with Gasteiger partial charge in [0.2, 0.25) is 5.91 Å². The molecule has 7 nitrogen and oxygen atoms in total. The summed E-state index contributed by atoms with van der Waals surface area (Å²) >= 11 is 0. The lowest BCUT2D eigenvalue weighted by molar-refractivity contribution is -0.117. The van der Waals surface area contributed by atoms with E-state index in [1.54, 1.807) is 25.1 Å². The predicted molar refractivity (Wildman–Crippen MR) is 76.4 cm³/mol. The number of aromatic nitrogens is 3. The van der Waals surface area contributed by atoms with Crippen molar-refractivity contribution in [3.8, 4) is 5.75 Å². The smallest absolute Gasteiger partial charge is 0.246 e. The number of anilines is 1. The molecule has 0 fully saturated rings. The number of hydrogen-bond acceptors (Lipinski definition) is 5. The SMILES string of the molecule is COc1ccccc1NC(=O)Cn1nnc(C(C)=O)c1C. The largest absolute Gasteiger partial charge is 0.495 e. The lowest BCUT2D eigenvalue weighted by Gasteiger charge is -2.10. The van der Waals surface area contributed by atoms with Crippen molar-refractivity contribution in [1.29, 1.82) is 0 Å². The van der Waals surface area contributed by atoms with Crippen molar-refractivity contribution in [1.82, 2.24) is 15.0 Å². The van der Waals surface area contributed by atoms with E-state index in [9.17, 15) is 9.59 Å². The van der Waals surface area contributed by atoms with E-state index in [0.29, 0.717) is 17.1 Å². The summed E-state index contributed by atoms with van der Waals surface area (Å²) in [5.74, 6) is 0.122. The molecule has 1 N–H and O–H groups in total. The fourth-order valence-corrected chi connectivity index (χ4v) is 1.91. The van der Waals surface area contributed by atoms with E-state index >= 15 is 0 Å². The number of ether oxygens (including phenoxy) is 1. The number of benzene rings is 1. The average molecular weight is 288 g/mol. The quantitative estimate of drug-likeness (QED) is 0.841. The second kappa shape index (κ2) is 6.17. The highest BCUT2D eigenvalue weighted by atomic mass is 16.5. The Morgan fingerprint density at radius 1 is 1.33 bits per heavy atom. The zero-order valence-electron chi connectivity index (χ0n) is 12.1. The van der Waals surface area contributed by atoms with E-state index in [1.807, 2.05) is 6.07 Å². The van der Waals surface area contributed by atoms with Crippen molar-refractivity contribution in [3.05, 3.63) is 35.7 Å². The topological polar surface area (TPSA) is 86.1 Å². The van der Waals surface area contributed by atoms with Crippen LogP contribution in [0.3, 0.4) is 0 Å². The van der Waals surface area contributed by atoms with E-state index in [-0.39, 0.29) is 23.9 Å². The van der Waals surface area contributed by atoms with E-state index in [4.69, 9.17) is 4.74 Å². The van der Waals surface area contributed by atoms with Crippen LogP contribution in [0.2, 0.25) is 0 Å². The first kappa shape index (κ1) is 14.7. The van der Waals surface area contributed by atoms with Crippen molar-refractivity contribution < 1.29 is 14.3 Å². The summed E-state index contributed by atoms with van der Waals surface area (Å²) in [6.45, 7) is 3.09. The molecule has 0 aliphatic heterocycles. The van der Waals surface area contributed by atoms with E-state index in [0.717, 1.165) is 0 Å². The lowest BCUT2D eigenvalue weighted by atomic mass is 10.2. The highest BCUT2D eigenvalue weighted by Gasteiger charge is 2.15. The van der Waals surface area contributed by atoms with Crippen molar-refractivity contribution in [2.45, 2.75) is 20.4 Å². The summed E-state index contributed by atoms with van der Waals surface area (Å²) < 4.78 is 6.55. The molecule has 0 aliphatic carbocycles. The molecule has 0 unspecified atom stereocenters. The van der Waals surface area contributed by atoms with Gasteiger partial charge in [0.25, 0.3) is 0 Å². The molecule has 2 aromatic rings. The van der Waals surface area contributed by atoms with Crippen LogP contribution in [0.5, 0.6) is 5.75 Å². The summed E-state index contributed by atoms with van der Waals surface area (Å²) in [5, 5.41) is 10.3. The molecule has 0 aliphatic rings. The van der Waals surface area contributed by atoms with E-state index < -0.39 is 0 Å². The Balaban J connectivity index is 2.10. The molecule has 110 valence electrons. The summed E-state index contributed by atoms with van der Waals surface area (Å²) in [5.41, 5.74) is 1.42. The van der Waals surface area contributed by atoms with Gasteiger partial charge in [-0.1, -0.05) is 17.3 Å². The zero-order valence-corrected chi connectivity index (χ0v) is 12.1. The van der Waals surface area contributed by atoms with Crippen LogP contribution in [-0.4, -0.2) is 33.8 Å². The lowest BCUT2D eigenvalue weighted by Crippen LogP contribution is -2.20. The molecule has 0 saturated carbocycles. The number of para-hydroxylation sites is 2. The maximum atomic E-state index is 12.0. The second-order valence-electron chi connectivity index (χ2n) is 4.49. The Morgan fingerprint density at radius 2 is 2.05 bits per heavy atom. The van der Waals surface area contributed by atoms with Crippen LogP contribution in [0.15, 0.2) is 24.3 Å². The molecule has 1 aromatic carbocycles. The number of rotatable bonds is 5. The van der Waals surface area contributed by atoms with Gasteiger partial charge >= 0.3 is 0 Å². The number of nitrogens with one attached hydrogen (secondary N) is 1. The van der Waals surface area contributed by atoms with Gasteiger partial charge in [-0.3, -0.25) is 9.59 Å². The van der Waals surface area contributed by atoms with Crippen molar-refractivity contribution in [3.63, 3.8) is 0 Å². The summed E-state index contributed by atoms with van der Waals surface area (Å²) in [6.07, 6.45) is 0. The van der Waals surface area contributed by atoms with Crippen LogP contribution in [0.4, 0.5) is 5.69 Å². The van der Waals surface area contributed by atoms with Crippen LogP contribution >= 0.6 is 0 Å². The fraction of sp³-hybridized carbons (Fsp3) is 0.286. The molecular formula is C14H16N4O3. The Morgan fingerprint density at radius 3 is 2.67 bits per heavy atom. The predicted octanol–water partition coefficient (Wildman–Crippen LogP) is 1.44. The van der Waals surface area contributed by atoms with Gasteiger partial charge < -0.3 is 10.1 Å². The van der Waals surface area contributed by atoms with E-state index in [1.165, 1.54) is 18.7 Å². The molecule has 0 radical (unpaired) electrons. The first-order valence-electron chi connectivity index (χ1n) is 6.36. The molecule has 0 saturated heterocycles. The Kier molecular flexibility index (Phi) is 4.32. The third kappa shape index (κ3) is 3.25. The number of methoxy groups -OCH3 is 1. The summed E-state index contributed by atoms with van der Waals surface area (Å²) in [6, 6.07) is 7.11. The van der Waals surface area contributed by atoms with Crippen LogP contribution in [0.1, 0.15) is 23.1 Å². The fourth-order valence-electron chi connectivity index (χ4n) is 1.91. The maximum Gasteiger partial charge on any atom is 0.246 e. The number of nitrogens with zero attached hydrogens (tertiary/aromatic N) is 3. The zero-order chi connectivity index (χ0) is 15.4. The molecule has 0 atom stereocenters.